The van der Waals surface area contributed by atoms with E-state index in [1.165, 1.54) is 38.5 Å². The third-order valence-electron chi connectivity index (χ3n) is 6.39. The Morgan fingerprint density at radius 2 is 1.42 bits per heavy atom. The predicted molar refractivity (Wildman–Crippen MR) is 86.2 cm³/mol. The Morgan fingerprint density at radius 3 is 2.12 bits per heavy atom. The van der Waals surface area contributed by atoms with Crippen LogP contribution in [0.2, 0.25) is 0 Å². The van der Waals surface area contributed by atoms with Crippen molar-refractivity contribution in [3.05, 3.63) is 12.3 Å². The van der Waals surface area contributed by atoms with Crippen molar-refractivity contribution >= 4 is 0 Å². The molecule has 5 heteroatoms. The van der Waals surface area contributed by atoms with Gasteiger partial charge in [0, 0.05) is 25.7 Å². The van der Waals surface area contributed by atoms with E-state index in [9.17, 15) is 0 Å². The summed E-state index contributed by atoms with van der Waals surface area (Å²) in [6, 6.07) is 0. The van der Waals surface area contributed by atoms with Gasteiger partial charge in [-0.05, 0) is 25.7 Å². The van der Waals surface area contributed by atoms with Crippen LogP contribution in [-0.4, -0.2) is 42.6 Å². The third-order valence-corrected chi connectivity index (χ3v) is 6.39. The van der Waals surface area contributed by atoms with E-state index in [1.54, 1.807) is 0 Å². The number of fused-ring (bicyclic) bond motifs is 1. The number of rotatable bonds is 1. The molecule has 5 rings (SSSR count). The lowest BCUT2D eigenvalue weighted by molar-refractivity contribution is -0.224. The summed E-state index contributed by atoms with van der Waals surface area (Å²) in [6.07, 6.45) is 10.7. The van der Waals surface area contributed by atoms with Gasteiger partial charge in [0.25, 0.3) is 0 Å². The van der Waals surface area contributed by atoms with E-state index in [4.69, 9.17) is 23.7 Å². The van der Waals surface area contributed by atoms with E-state index in [0.29, 0.717) is 12.4 Å². The highest BCUT2D eigenvalue weighted by Crippen LogP contribution is 2.49. The molecule has 0 bridgehead atoms. The summed E-state index contributed by atoms with van der Waals surface area (Å²) in [5.41, 5.74) is 0. The van der Waals surface area contributed by atoms with E-state index in [-0.39, 0.29) is 30.2 Å². The zero-order valence-electron chi connectivity index (χ0n) is 14.3. The van der Waals surface area contributed by atoms with Gasteiger partial charge in [0.05, 0.1) is 6.61 Å². The van der Waals surface area contributed by atoms with E-state index < -0.39 is 5.79 Å². The van der Waals surface area contributed by atoms with Gasteiger partial charge < -0.3 is 23.7 Å². The first kappa shape index (κ1) is 15.6. The van der Waals surface area contributed by atoms with Gasteiger partial charge in [-0.1, -0.05) is 19.4 Å². The second-order valence-corrected chi connectivity index (χ2v) is 8.08. The lowest BCUT2D eigenvalue weighted by atomic mass is 9.94. The van der Waals surface area contributed by atoms with Crippen LogP contribution in [0.5, 0.6) is 0 Å². The topological polar surface area (TPSA) is 46.2 Å². The number of hydrogen-bond acceptors (Lipinski definition) is 5. The van der Waals surface area contributed by atoms with Crippen LogP contribution < -0.4 is 0 Å². The summed E-state index contributed by atoms with van der Waals surface area (Å²) in [4.78, 5) is 0. The van der Waals surface area contributed by atoms with Crippen LogP contribution in [0.4, 0.5) is 0 Å². The van der Waals surface area contributed by atoms with Crippen LogP contribution in [0.25, 0.3) is 0 Å². The molecule has 24 heavy (non-hydrogen) atoms. The van der Waals surface area contributed by atoms with Gasteiger partial charge in [-0.2, -0.15) is 0 Å². The highest BCUT2D eigenvalue weighted by Gasteiger charge is 2.60. The average Bonchev–Trinajstić information content (AvgIpc) is 3.24. The lowest BCUT2D eigenvalue weighted by Gasteiger charge is -2.34. The normalized spacial score (nSPS) is 43.2. The molecule has 134 valence electrons. The molecule has 0 amide bonds. The van der Waals surface area contributed by atoms with Gasteiger partial charge in [-0.3, -0.25) is 0 Å². The zero-order chi connectivity index (χ0) is 16.2. The average molecular weight is 336 g/mol. The van der Waals surface area contributed by atoms with Gasteiger partial charge in [0.2, 0.25) is 0 Å². The lowest BCUT2D eigenvalue weighted by Crippen LogP contribution is -2.43. The maximum Gasteiger partial charge on any atom is 0.170 e. The fourth-order valence-electron chi connectivity index (χ4n) is 5.14. The first-order valence-electron chi connectivity index (χ1n) is 9.72. The van der Waals surface area contributed by atoms with Crippen molar-refractivity contribution in [1.82, 2.24) is 0 Å². The minimum absolute atomic E-state index is 0.0859. The molecular formula is C19H28O5. The summed E-state index contributed by atoms with van der Waals surface area (Å²) in [7, 11) is 0. The first-order chi connectivity index (χ1) is 11.7. The monoisotopic (exact) mass is 336 g/mol. The first-order valence-corrected chi connectivity index (χ1v) is 9.72. The van der Waals surface area contributed by atoms with E-state index >= 15 is 0 Å². The maximum absolute atomic E-state index is 6.44. The van der Waals surface area contributed by atoms with Gasteiger partial charge in [0.15, 0.2) is 17.7 Å². The molecule has 5 nitrogen and oxygen atoms in total. The van der Waals surface area contributed by atoms with Crippen molar-refractivity contribution in [2.24, 2.45) is 0 Å². The molecule has 3 unspecified atom stereocenters. The quantitative estimate of drug-likeness (QED) is 0.734. The molecule has 0 N–H and O–H groups in total. The SMILES string of the molecule is C=C1OC([C@@H]2COC3(CCCCC3)O2)C2OC3(CCCCC3)OC12. The summed E-state index contributed by atoms with van der Waals surface area (Å²) >= 11 is 0. The Hall–Kier alpha value is -0.620. The van der Waals surface area contributed by atoms with Crippen LogP contribution in [0, 0.1) is 0 Å². The molecule has 4 atom stereocenters. The Kier molecular flexibility index (Phi) is 3.71. The summed E-state index contributed by atoms with van der Waals surface area (Å²) < 4.78 is 31.3. The minimum Gasteiger partial charge on any atom is -0.487 e. The summed E-state index contributed by atoms with van der Waals surface area (Å²) in [6.45, 7) is 4.66. The molecule has 0 aromatic carbocycles. The van der Waals surface area contributed by atoms with Crippen molar-refractivity contribution in [1.29, 1.82) is 0 Å². The Morgan fingerprint density at radius 1 is 0.750 bits per heavy atom. The largest absolute Gasteiger partial charge is 0.487 e. The summed E-state index contributed by atoms with van der Waals surface area (Å²) in [5.74, 6) is -0.102. The maximum atomic E-state index is 6.44. The smallest absolute Gasteiger partial charge is 0.170 e. The second-order valence-electron chi connectivity index (χ2n) is 8.08. The molecule has 0 aromatic heterocycles. The highest BCUT2D eigenvalue weighted by molar-refractivity contribution is 5.13. The van der Waals surface area contributed by atoms with Crippen LogP contribution in [0.15, 0.2) is 12.3 Å². The molecule has 0 radical (unpaired) electrons. The molecule has 3 heterocycles. The van der Waals surface area contributed by atoms with E-state index in [2.05, 4.69) is 6.58 Å². The highest BCUT2D eigenvalue weighted by atomic mass is 16.8. The van der Waals surface area contributed by atoms with Gasteiger partial charge in [0.1, 0.15) is 24.1 Å². The Balaban J connectivity index is 1.31. The number of ether oxygens (including phenoxy) is 5. The molecule has 3 aliphatic heterocycles. The fourth-order valence-corrected chi connectivity index (χ4v) is 5.14. The molecular weight excluding hydrogens is 308 g/mol. The molecule has 2 spiro atoms. The fraction of sp³-hybridized carbons (Fsp3) is 0.895. The van der Waals surface area contributed by atoms with Gasteiger partial charge in [-0.15, -0.1) is 0 Å². The van der Waals surface area contributed by atoms with E-state index in [1.807, 2.05) is 0 Å². The zero-order valence-corrected chi connectivity index (χ0v) is 14.3. The Bertz CT molecular complexity index is 506. The van der Waals surface area contributed by atoms with Crippen LogP contribution in [0.1, 0.15) is 64.2 Å². The van der Waals surface area contributed by atoms with Crippen molar-refractivity contribution in [3.63, 3.8) is 0 Å². The van der Waals surface area contributed by atoms with Crippen molar-refractivity contribution in [2.75, 3.05) is 6.61 Å². The molecule has 2 aliphatic carbocycles. The van der Waals surface area contributed by atoms with Crippen LogP contribution >= 0.6 is 0 Å². The molecule has 3 saturated heterocycles. The van der Waals surface area contributed by atoms with Crippen LogP contribution in [0.3, 0.4) is 0 Å². The molecule has 0 aromatic rings. The van der Waals surface area contributed by atoms with Crippen molar-refractivity contribution < 1.29 is 23.7 Å². The van der Waals surface area contributed by atoms with Gasteiger partial charge >= 0.3 is 0 Å². The minimum atomic E-state index is -0.416. The summed E-state index contributed by atoms with van der Waals surface area (Å²) in [5, 5.41) is 0. The molecule has 5 fully saturated rings. The second kappa shape index (κ2) is 5.70. The molecule has 2 saturated carbocycles. The van der Waals surface area contributed by atoms with Crippen LogP contribution in [-0.2, 0) is 23.7 Å². The Labute approximate surface area is 143 Å². The predicted octanol–water partition coefficient (Wildman–Crippen LogP) is 3.42. The number of hydrogen-bond donors (Lipinski definition) is 0. The molecule has 5 aliphatic rings. The van der Waals surface area contributed by atoms with Crippen molar-refractivity contribution in [3.8, 4) is 0 Å². The van der Waals surface area contributed by atoms with Gasteiger partial charge in [-0.25, -0.2) is 0 Å². The van der Waals surface area contributed by atoms with E-state index in [0.717, 1.165) is 25.7 Å². The van der Waals surface area contributed by atoms with Crippen molar-refractivity contribution in [2.45, 2.75) is 100 Å². The third kappa shape index (κ3) is 2.44. The standard InChI is InChI=1S/C19H28O5/c1-13-15-17(24-19(23-15)10-6-3-7-11-19)16(21-13)14-12-20-18(22-14)8-4-2-5-9-18/h14-17H,1-12H2/t14-,15?,16?,17?/m0/s1.